The second-order valence-corrected chi connectivity index (χ2v) is 10.0. The Morgan fingerprint density at radius 1 is 1.30 bits per heavy atom. The number of aromatic nitrogens is 4. The first-order valence-corrected chi connectivity index (χ1v) is 11.5. The molecule has 3 aromatic heterocycles. The van der Waals surface area contributed by atoms with E-state index in [1.165, 1.54) is 11.8 Å². The second-order valence-electron chi connectivity index (χ2n) is 6.83. The molecular formula is C18H20N4O3S2. The summed E-state index contributed by atoms with van der Waals surface area (Å²) in [5.41, 5.74) is 3.16. The number of carbonyl (C=O) groups excluding carboxylic acids is 1. The predicted octanol–water partition coefficient (Wildman–Crippen LogP) is 2.48. The van der Waals surface area contributed by atoms with E-state index in [9.17, 15) is 13.2 Å². The average Bonchev–Trinajstić information content (AvgIpc) is 3.28. The van der Waals surface area contributed by atoms with Gasteiger partial charge >= 0.3 is 0 Å². The van der Waals surface area contributed by atoms with E-state index in [1.807, 2.05) is 53.3 Å². The standard InChI is InChI=1S/C18H20N4O3S2/c1-12-9-15(13(2)22(12)14-6-8-27(24,25)11-14)16(23)10-26-18-20-19-17-5-3-4-7-21(17)18/h3-5,7,9,14H,6,8,10-11H2,1-2H3. The van der Waals surface area contributed by atoms with Gasteiger partial charge in [0.2, 0.25) is 0 Å². The van der Waals surface area contributed by atoms with Crippen LogP contribution in [0, 0.1) is 13.8 Å². The summed E-state index contributed by atoms with van der Waals surface area (Å²) in [5.74, 6) is 0.627. The van der Waals surface area contributed by atoms with Gasteiger partial charge in [-0.2, -0.15) is 0 Å². The Kier molecular flexibility index (Phi) is 4.59. The lowest BCUT2D eigenvalue weighted by molar-refractivity contribution is 0.102. The van der Waals surface area contributed by atoms with Gasteiger partial charge in [-0.05, 0) is 38.5 Å². The summed E-state index contributed by atoms with van der Waals surface area (Å²) in [7, 11) is -2.98. The minimum Gasteiger partial charge on any atom is -0.344 e. The quantitative estimate of drug-likeness (QED) is 0.480. The fraction of sp³-hybridized carbons (Fsp3) is 0.389. The van der Waals surface area contributed by atoms with Crippen molar-refractivity contribution in [1.82, 2.24) is 19.2 Å². The minimum absolute atomic E-state index is 0.00730. The SMILES string of the molecule is Cc1cc(C(=O)CSc2nnc3ccccn23)c(C)n1C1CCS(=O)(=O)C1. The van der Waals surface area contributed by atoms with Crippen LogP contribution in [-0.2, 0) is 9.84 Å². The van der Waals surface area contributed by atoms with Gasteiger partial charge < -0.3 is 4.57 Å². The largest absolute Gasteiger partial charge is 0.344 e. The fourth-order valence-corrected chi connectivity index (χ4v) is 6.23. The number of ketones is 1. The Morgan fingerprint density at radius 2 is 2.11 bits per heavy atom. The molecule has 0 amide bonds. The molecule has 142 valence electrons. The Hall–Kier alpha value is -2.13. The Morgan fingerprint density at radius 3 is 2.85 bits per heavy atom. The molecule has 1 aliphatic rings. The van der Waals surface area contributed by atoms with Gasteiger partial charge in [0, 0.05) is 29.2 Å². The zero-order valence-corrected chi connectivity index (χ0v) is 16.8. The van der Waals surface area contributed by atoms with Gasteiger partial charge in [0.05, 0.1) is 17.3 Å². The molecule has 0 saturated carbocycles. The Bertz CT molecular complexity index is 1130. The monoisotopic (exact) mass is 404 g/mol. The number of carbonyl (C=O) groups is 1. The molecule has 1 unspecified atom stereocenters. The molecule has 0 aromatic carbocycles. The van der Waals surface area contributed by atoms with Crippen LogP contribution in [0.15, 0.2) is 35.6 Å². The zero-order chi connectivity index (χ0) is 19.2. The summed E-state index contributed by atoms with van der Waals surface area (Å²) in [6, 6.07) is 7.44. The van der Waals surface area contributed by atoms with Gasteiger partial charge in [0.25, 0.3) is 0 Å². The van der Waals surface area contributed by atoms with Crippen LogP contribution in [-0.4, -0.2) is 50.6 Å². The van der Waals surface area contributed by atoms with E-state index >= 15 is 0 Å². The van der Waals surface area contributed by atoms with Gasteiger partial charge in [-0.3, -0.25) is 9.20 Å². The zero-order valence-electron chi connectivity index (χ0n) is 15.1. The van der Waals surface area contributed by atoms with Crippen LogP contribution in [0.3, 0.4) is 0 Å². The topological polar surface area (TPSA) is 86.3 Å². The molecule has 4 rings (SSSR count). The van der Waals surface area contributed by atoms with Crippen molar-refractivity contribution in [3.05, 3.63) is 47.4 Å². The number of Topliss-reactive ketones (excluding diaryl/α,β-unsaturated/α-hetero) is 1. The third kappa shape index (κ3) is 3.41. The first-order valence-electron chi connectivity index (χ1n) is 8.70. The van der Waals surface area contributed by atoms with Crippen LogP contribution < -0.4 is 0 Å². The molecule has 1 aliphatic heterocycles. The Balaban J connectivity index is 1.53. The van der Waals surface area contributed by atoms with Crippen molar-refractivity contribution < 1.29 is 13.2 Å². The van der Waals surface area contributed by atoms with E-state index in [0.717, 1.165) is 17.0 Å². The number of nitrogens with zero attached hydrogens (tertiary/aromatic N) is 4. The van der Waals surface area contributed by atoms with Crippen molar-refractivity contribution in [3.8, 4) is 0 Å². The van der Waals surface area contributed by atoms with E-state index in [-0.39, 0.29) is 29.1 Å². The van der Waals surface area contributed by atoms with Crippen LogP contribution in [0.4, 0.5) is 0 Å². The molecule has 27 heavy (non-hydrogen) atoms. The highest BCUT2D eigenvalue weighted by Crippen LogP contribution is 2.30. The lowest BCUT2D eigenvalue weighted by Gasteiger charge is -2.16. The molecule has 0 aliphatic carbocycles. The summed E-state index contributed by atoms with van der Waals surface area (Å²) >= 11 is 1.35. The summed E-state index contributed by atoms with van der Waals surface area (Å²) in [4.78, 5) is 12.8. The molecule has 4 heterocycles. The van der Waals surface area contributed by atoms with Crippen molar-refractivity contribution in [2.45, 2.75) is 31.5 Å². The van der Waals surface area contributed by atoms with Crippen molar-refractivity contribution >= 4 is 33.0 Å². The molecule has 1 fully saturated rings. The third-order valence-corrected chi connectivity index (χ3v) is 7.67. The van der Waals surface area contributed by atoms with Crippen LogP contribution in [0.1, 0.15) is 34.2 Å². The van der Waals surface area contributed by atoms with Crippen LogP contribution in [0.2, 0.25) is 0 Å². The smallest absolute Gasteiger partial charge is 0.196 e. The molecule has 1 atom stereocenters. The third-order valence-electron chi connectivity index (χ3n) is 4.97. The number of aryl methyl sites for hydroxylation is 1. The molecule has 1 saturated heterocycles. The van der Waals surface area contributed by atoms with Gasteiger partial charge in [-0.15, -0.1) is 10.2 Å². The number of hydrogen-bond acceptors (Lipinski definition) is 6. The molecule has 0 bridgehead atoms. The van der Waals surface area contributed by atoms with Gasteiger partial charge in [-0.25, -0.2) is 8.42 Å². The lowest BCUT2D eigenvalue weighted by atomic mass is 10.2. The number of rotatable bonds is 5. The van der Waals surface area contributed by atoms with Crippen molar-refractivity contribution in [3.63, 3.8) is 0 Å². The number of sulfone groups is 1. The number of hydrogen-bond donors (Lipinski definition) is 0. The molecule has 0 radical (unpaired) electrons. The minimum atomic E-state index is -2.98. The number of pyridine rings is 1. The van der Waals surface area contributed by atoms with Gasteiger partial charge in [0.1, 0.15) is 0 Å². The first-order chi connectivity index (χ1) is 12.9. The van der Waals surface area contributed by atoms with Gasteiger partial charge in [0.15, 0.2) is 26.4 Å². The molecule has 0 N–H and O–H groups in total. The fourth-order valence-electron chi connectivity index (χ4n) is 3.73. The molecule has 7 nitrogen and oxygen atoms in total. The normalized spacial score (nSPS) is 19.0. The maximum Gasteiger partial charge on any atom is 0.196 e. The predicted molar refractivity (Wildman–Crippen MR) is 104 cm³/mol. The van der Waals surface area contributed by atoms with Crippen LogP contribution >= 0.6 is 11.8 Å². The van der Waals surface area contributed by atoms with E-state index < -0.39 is 9.84 Å². The van der Waals surface area contributed by atoms with E-state index in [2.05, 4.69) is 10.2 Å². The molecule has 9 heteroatoms. The average molecular weight is 405 g/mol. The first kappa shape index (κ1) is 18.2. The molecule has 3 aromatic rings. The number of fused-ring (bicyclic) bond motifs is 1. The summed E-state index contributed by atoms with van der Waals surface area (Å²) < 4.78 is 27.5. The highest BCUT2D eigenvalue weighted by atomic mass is 32.2. The highest BCUT2D eigenvalue weighted by Gasteiger charge is 2.31. The van der Waals surface area contributed by atoms with Crippen molar-refractivity contribution in [2.75, 3.05) is 17.3 Å². The summed E-state index contributed by atoms with van der Waals surface area (Å²) in [6.07, 6.45) is 2.47. The second kappa shape index (κ2) is 6.79. The van der Waals surface area contributed by atoms with E-state index in [0.29, 0.717) is 17.1 Å². The molecular weight excluding hydrogens is 384 g/mol. The summed E-state index contributed by atoms with van der Waals surface area (Å²) in [5, 5.41) is 8.90. The maximum absolute atomic E-state index is 12.8. The van der Waals surface area contributed by atoms with Crippen molar-refractivity contribution in [1.29, 1.82) is 0 Å². The van der Waals surface area contributed by atoms with Crippen LogP contribution in [0.25, 0.3) is 5.65 Å². The van der Waals surface area contributed by atoms with Crippen molar-refractivity contribution in [2.24, 2.45) is 0 Å². The van der Waals surface area contributed by atoms with Crippen LogP contribution in [0.5, 0.6) is 0 Å². The molecule has 0 spiro atoms. The van der Waals surface area contributed by atoms with E-state index in [4.69, 9.17) is 0 Å². The lowest BCUT2D eigenvalue weighted by Crippen LogP contribution is -2.14. The maximum atomic E-state index is 12.8. The van der Waals surface area contributed by atoms with Gasteiger partial charge in [-0.1, -0.05) is 17.8 Å². The van der Waals surface area contributed by atoms with E-state index in [1.54, 1.807) is 0 Å². The summed E-state index contributed by atoms with van der Waals surface area (Å²) in [6.45, 7) is 3.82. The highest BCUT2D eigenvalue weighted by molar-refractivity contribution is 7.99. The number of thioether (sulfide) groups is 1. The Labute approximate surface area is 161 Å².